The Morgan fingerprint density at radius 1 is 1.50 bits per heavy atom. The summed E-state index contributed by atoms with van der Waals surface area (Å²) in [6.45, 7) is 1.82. The Kier molecular flexibility index (Phi) is 3.23. The number of aliphatic hydroxyl groups is 1. The van der Waals surface area contributed by atoms with Gasteiger partial charge >= 0.3 is 0 Å². The van der Waals surface area contributed by atoms with E-state index in [0.29, 0.717) is 5.56 Å². The number of halogens is 2. The Labute approximate surface area is 79.4 Å². The Hall–Kier alpha value is -0.410. The van der Waals surface area contributed by atoms with Gasteiger partial charge in [0.05, 0.1) is 6.10 Å². The minimum Gasteiger partial charge on any atom is -0.387 e. The van der Waals surface area contributed by atoms with Crippen LogP contribution in [0.2, 0.25) is 0 Å². The predicted molar refractivity (Wildman–Crippen MR) is 49.7 cm³/mol. The molecule has 0 aliphatic heterocycles. The van der Waals surface area contributed by atoms with E-state index in [2.05, 4.69) is 15.9 Å². The molecular formula is C9H10BrFO. The summed E-state index contributed by atoms with van der Waals surface area (Å²) in [5.41, 5.74) is 0.597. The van der Waals surface area contributed by atoms with Crippen molar-refractivity contribution in [3.63, 3.8) is 0 Å². The van der Waals surface area contributed by atoms with Gasteiger partial charge < -0.3 is 5.11 Å². The third kappa shape index (κ3) is 2.29. The molecule has 0 fully saturated rings. The first kappa shape index (κ1) is 9.68. The van der Waals surface area contributed by atoms with Crippen LogP contribution in [0, 0.1) is 5.82 Å². The van der Waals surface area contributed by atoms with Gasteiger partial charge in [0.1, 0.15) is 5.82 Å². The molecule has 1 aromatic carbocycles. The van der Waals surface area contributed by atoms with Gasteiger partial charge in [-0.05, 0) is 24.6 Å². The Bertz CT molecular complexity index is 262. The van der Waals surface area contributed by atoms with Crippen LogP contribution in [0.5, 0.6) is 0 Å². The van der Waals surface area contributed by atoms with Crippen molar-refractivity contribution in [2.24, 2.45) is 0 Å². The Morgan fingerprint density at radius 2 is 2.17 bits per heavy atom. The van der Waals surface area contributed by atoms with E-state index in [0.717, 1.165) is 0 Å². The third-order valence-electron chi connectivity index (χ3n) is 1.63. The van der Waals surface area contributed by atoms with Crippen LogP contribution in [-0.2, 0) is 0 Å². The van der Waals surface area contributed by atoms with Crippen molar-refractivity contribution in [3.8, 4) is 0 Å². The van der Waals surface area contributed by atoms with Gasteiger partial charge in [-0.2, -0.15) is 0 Å². The summed E-state index contributed by atoms with van der Waals surface area (Å²) in [7, 11) is 0. The lowest BCUT2D eigenvalue weighted by atomic mass is 10.1. The molecule has 1 nitrogen and oxygen atoms in total. The molecule has 1 rings (SSSR count). The van der Waals surface area contributed by atoms with Crippen LogP contribution in [0.1, 0.15) is 18.6 Å². The van der Waals surface area contributed by atoms with Crippen LogP contribution in [-0.4, -0.2) is 9.93 Å². The fraction of sp³-hybridized carbons (Fsp3) is 0.333. The minimum atomic E-state index is -0.652. The largest absolute Gasteiger partial charge is 0.387 e. The second-order valence-corrected chi connectivity index (χ2v) is 4.12. The lowest BCUT2D eigenvalue weighted by Crippen LogP contribution is -2.07. The third-order valence-corrected chi connectivity index (χ3v) is 2.13. The Balaban J connectivity index is 2.88. The molecule has 0 aliphatic rings. The molecule has 2 atom stereocenters. The van der Waals surface area contributed by atoms with Crippen LogP contribution < -0.4 is 0 Å². The molecule has 12 heavy (non-hydrogen) atoms. The standard InChI is InChI=1S/C9H10BrFO/c1-6(10)9(12)7-3-2-4-8(11)5-7/h2-6,9,12H,1H3. The number of benzene rings is 1. The normalized spacial score (nSPS) is 15.7. The maximum absolute atomic E-state index is 12.7. The van der Waals surface area contributed by atoms with Crippen LogP contribution >= 0.6 is 15.9 Å². The molecule has 0 amide bonds. The average molecular weight is 233 g/mol. The zero-order valence-electron chi connectivity index (χ0n) is 6.67. The van der Waals surface area contributed by atoms with E-state index in [9.17, 15) is 9.50 Å². The SMILES string of the molecule is CC(Br)C(O)c1cccc(F)c1. The summed E-state index contributed by atoms with van der Waals surface area (Å²) in [6.07, 6.45) is -0.652. The van der Waals surface area contributed by atoms with E-state index in [1.54, 1.807) is 12.1 Å². The lowest BCUT2D eigenvalue weighted by molar-refractivity contribution is 0.181. The fourth-order valence-corrected chi connectivity index (χ4v) is 1.26. The quantitative estimate of drug-likeness (QED) is 0.778. The van der Waals surface area contributed by atoms with Crippen molar-refractivity contribution in [3.05, 3.63) is 35.6 Å². The summed E-state index contributed by atoms with van der Waals surface area (Å²) in [6, 6.07) is 5.98. The summed E-state index contributed by atoms with van der Waals surface area (Å²) in [5, 5.41) is 9.51. The molecule has 3 heteroatoms. The van der Waals surface area contributed by atoms with Crippen LogP contribution in [0.15, 0.2) is 24.3 Å². The maximum Gasteiger partial charge on any atom is 0.123 e. The van der Waals surface area contributed by atoms with Crippen LogP contribution in [0.25, 0.3) is 0 Å². The molecule has 2 unspecified atom stereocenters. The molecule has 66 valence electrons. The van der Waals surface area contributed by atoms with E-state index in [-0.39, 0.29) is 10.6 Å². The summed E-state index contributed by atoms with van der Waals surface area (Å²) in [4.78, 5) is -0.0701. The fourth-order valence-electron chi connectivity index (χ4n) is 0.956. The van der Waals surface area contributed by atoms with Gasteiger partial charge in [-0.25, -0.2) is 4.39 Å². The topological polar surface area (TPSA) is 20.2 Å². The minimum absolute atomic E-state index is 0.0701. The molecule has 1 aromatic rings. The van der Waals surface area contributed by atoms with Crippen molar-refractivity contribution in [2.75, 3.05) is 0 Å². The first-order valence-corrected chi connectivity index (χ1v) is 4.60. The summed E-state index contributed by atoms with van der Waals surface area (Å²) in [5.74, 6) is -0.320. The molecule has 0 radical (unpaired) electrons. The van der Waals surface area contributed by atoms with Crippen molar-refractivity contribution in [1.29, 1.82) is 0 Å². The molecule has 0 saturated carbocycles. The highest BCUT2D eigenvalue weighted by molar-refractivity contribution is 9.09. The molecule has 0 bridgehead atoms. The smallest absolute Gasteiger partial charge is 0.123 e. The highest BCUT2D eigenvalue weighted by Crippen LogP contribution is 2.22. The average Bonchev–Trinajstić information content (AvgIpc) is 2.03. The lowest BCUT2D eigenvalue weighted by Gasteiger charge is -2.12. The van der Waals surface area contributed by atoms with Crippen molar-refractivity contribution in [2.45, 2.75) is 17.9 Å². The van der Waals surface area contributed by atoms with Gasteiger partial charge in [-0.3, -0.25) is 0 Å². The molecule has 0 aliphatic carbocycles. The first-order valence-electron chi connectivity index (χ1n) is 3.69. The van der Waals surface area contributed by atoms with Crippen molar-refractivity contribution >= 4 is 15.9 Å². The highest BCUT2D eigenvalue weighted by Gasteiger charge is 2.13. The van der Waals surface area contributed by atoms with Gasteiger partial charge in [0.15, 0.2) is 0 Å². The molecule has 0 heterocycles. The van der Waals surface area contributed by atoms with Crippen LogP contribution in [0.3, 0.4) is 0 Å². The predicted octanol–water partition coefficient (Wildman–Crippen LogP) is 2.64. The van der Waals surface area contributed by atoms with Crippen molar-refractivity contribution in [1.82, 2.24) is 0 Å². The molecule has 1 N–H and O–H groups in total. The van der Waals surface area contributed by atoms with Crippen molar-refractivity contribution < 1.29 is 9.50 Å². The van der Waals surface area contributed by atoms with E-state index in [4.69, 9.17) is 0 Å². The van der Waals surface area contributed by atoms with Gasteiger partial charge in [-0.15, -0.1) is 0 Å². The molecular weight excluding hydrogens is 223 g/mol. The second kappa shape index (κ2) is 4.01. The molecule has 0 aromatic heterocycles. The summed E-state index contributed by atoms with van der Waals surface area (Å²) < 4.78 is 12.7. The highest BCUT2D eigenvalue weighted by atomic mass is 79.9. The molecule has 0 spiro atoms. The zero-order chi connectivity index (χ0) is 9.14. The first-order chi connectivity index (χ1) is 5.61. The van der Waals surface area contributed by atoms with Gasteiger partial charge in [0.25, 0.3) is 0 Å². The van der Waals surface area contributed by atoms with E-state index in [1.165, 1.54) is 12.1 Å². The number of hydrogen-bond acceptors (Lipinski definition) is 1. The monoisotopic (exact) mass is 232 g/mol. The second-order valence-electron chi connectivity index (χ2n) is 2.68. The number of aliphatic hydroxyl groups excluding tert-OH is 1. The number of alkyl halides is 1. The van der Waals surface area contributed by atoms with E-state index < -0.39 is 6.10 Å². The van der Waals surface area contributed by atoms with Crippen LogP contribution in [0.4, 0.5) is 4.39 Å². The van der Waals surface area contributed by atoms with Gasteiger partial charge in [-0.1, -0.05) is 28.1 Å². The Morgan fingerprint density at radius 3 is 2.67 bits per heavy atom. The maximum atomic E-state index is 12.7. The number of hydrogen-bond donors (Lipinski definition) is 1. The van der Waals surface area contributed by atoms with Gasteiger partial charge in [0.2, 0.25) is 0 Å². The van der Waals surface area contributed by atoms with E-state index >= 15 is 0 Å². The number of rotatable bonds is 2. The summed E-state index contributed by atoms with van der Waals surface area (Å²) >= 11 is 3.23. The van der Waals surface area contributed by atoms with E-state index in [1.807, 2.05) is 6.92 Å². The molecule has 0 saturated heterocycles. The zero-order valence-corrected chi connectivity index (χ0v) is 8.25. The van der Waals surface area contributed by atoms with Gasteiger partial charge in [0, 0.05) is 4.83 Å².